The summed E-state index contributed by atoms with van der Waals surface area (Å²) in [4.78, 5) is 3.67. The van der Waals surface area contributed by atoms with Crippen LogP contribution in [0.2, 0.25) is 0 Å². The van der Waals surface area contributed by atoms with Gasteiger partial charge in [0.05, 0.1) is 0 Å². The number of nitrogens with one attached hydrogen (secondary N) is 2. The van der Waals surface area contributed by atoms with Gasteiger partial charge in [0, 0.05) is 6.54 Å². The number of aliphatic imine (C=N–C) groups is 1. The molecule has 1 atom stereocenters. The van der Waals surface area contributed by atoms with Gasteiger partial charge in [-0.2, -0.15) is 13.2 Å². The maximum absolute atomic E-state index is 12.0. The van der Waals surface area contributed by atoms with E-state index >= 15 is 0 Å². The lowest BCUT2D eigenvalue weighted by molar-refractivity contribution is -0.148. The van der Waals surface area contributed by atoms with Crippen molar-refractivity contribution in [3.63, 3.8) is 0 Å². The molecule has 0 aromatic rings. The molecule has 4 N–H and O–H groups in total. The lowest BCUT2D eigenvalue weighted by Crippen LogP contribution is -2.50. The summed E-state index contributed by atoms with van der Waals surface area (Å²) in [6.07, 6.45) is -4.30. The summed E-state index contributed by atoms with van der Waals surface area (Å²) in [5, 5.41) is 2.10. The van der Waals surface area contributed by atoms with Gasteiger partial charge in [-0.3, -0.25) is 10.4 Å². The highest BCUT2D eigenvalue weighted by Crippen LogP contribution is 2.19. The maximum atomic E-state index is 12.0. The minimum absolute atomic E-state index is 0.0627. The van der Waals surface area contributed by atoms with Gasteiger partial charge in [0.1, 0.15) is 6.04 Å². The Kier molecular flexibility index (Phi) is 4.53. The van der Waals surface area contributed by atoms with Crippen LogP contribution in [0.25, 0.3) is 0 Å². The van der Waals surface area contributed by atoms with Crippen molar-refractivity contribution in [3.05, 3.63) is 0 Å². The van der Waals surface area contributed by atoms with Crippen LogP contribution >= 0.6 is 0 Å². The van der Waals surface area contributed by atoms with Gasteiger partial charge in [0.15, 0.2) is 0 Å². The Morgan fingerprint density at radius 3 is 2.38 bits per heavy atom. The zero-order chi connectivity index (χ0) is 10.5. The third kappa shape index (κ3) is 4.56. The van der Waals surface area contributed by atoms with E-state index in [4.69, 9.17) is 5.84 Å². The van der Waals surface area contributed by atoms with Gasteiger partial charge in [-0.1, -0.05) is 0 Å². The van der Waals surface area contributed by atoms with E-state index in [1.165, 1.54) is 0 Å². The van der Waals surface area contributed by atoms with Gasteiger partial charge in [-0.15, -0.1) is 0 Å². The molecule has 0 aromatic heterocycles. The second-order valence-corrected chi connectivity index (χ2v) is 2.37. The Hall–Kier alpha value is -0.980. The van der Waals surface area contributed by atoms with Crippen LogP contribution < -0.4 is 16.6 Å². The Labute approximate surface area is 74.4 Å². The maximum Gasteiger partial charge on any atom is 0.408 e. The lowest BCUT2D eigenvalue weighted by atomic mass is 10.3. The van der Waals surface area contributed by atoms with Crippen LogP contribution in [-0.2, 0) is 0 Å². The number of nitrogens with two attached hydrogens (primary N) is 1. The molecule has 0 fully saturated rings. The molecular formula is C6H13F3N4. The molecule has 0 bridgehead atoms. The molecule has 0 amide bonds. The molecule has 0 aliphatic heterocycles. The predicted molar refractivity (Wildman–Crippen MR) is 44.0 cm³/mol. The van der Waals surface area contributed by atoms with Crippen LogP contribution in [0.4, 0.5) is 13.2 Å². The molecule has 4 nitrogen and oxygen atoms in total. The lowest BCUT2D eigenvalue weighted by Gasteiger charge is -2.18. The van der Waals surface area contributed by atoms with Gasteiger partial charge < -0.3 is 5.32 Å². The van der Waals surface area contributed by atoms with Gasteiger partial charge in [0.25, 0.3) is 0 Å². The third-order valence-corrected chi connectivity index (χ3v) is 1.30. The Morgan fingerprint density at radius 2 is 2.08 bits per heavy atom. The number of alkyl halides is 3. The third-order valence-electron chi connectivity index (χ3n) is 1.30. The molecule has 1 unspecified atom stereocenters. The molecule has 0 rings (SSSR count). The van der Waals surface area contributed by atoms with Gasteiger partial charge in [-0.25, -0.2) is 5.84 Å². The van der Waals surface area contributed by atoms with E-state index in [1.54, 1.807) is 6.92 Å². The average Bonchev–Trinajstić information content (AvgIpc) is 2.01. The summed E-state index contributed by atoms with van der Waals surface area (Å²) in [6, 6.07) is -1.67. The van der Waals surface area contributed by atoms with Crippen molar-refractivity contribution < 1.29 is 13.2 Å². The first-order valence-corrected chi connectivity index (χ1v) is 3.76. The smallest absolute Gasteiger partial charge is 0.344 e. The summed E-state index contributed by atoms with van der Waals surface area (Å²) in [5.41, 5.74) is 2.04. The first kappa shape index (κ1) is 12.0. The highest BCUT2D eigenvalue weighted by atomic mass is 19.4. The molecule has 78 valence electrons. The number of nitrogens with zero attached hydrogens (tertiary/aromatic N) is 1. The van der Waals surface area contributed by atoms with Gasteiger partial charge >= 0.3 is 6.18 Å². The summed E-state index contributed by atoms with van der Waals surface area (Å²) in [6.45, 7) is 3.04. The molecule has 0 saturated heterocycles. The quantitative estimate of drug-likeness (QED) is 0.260. The minimum atomic E-state index is -4.30. The number of guanidine groups is 1. The SMILES string of the molecule is CCN=C(NN)NC(C)C(F)(F)F. The molecule has 0 aromatic carbocycles. The van der Waals surface area contributed by atoms with E-state index in [9.17, 15) is 13.2 Å². The predicted octanol–water partition coefficient (Wildman–Crippen LogP) is 0.366. The fourth-order valence-corrected chi connectivity index (χ4v) is 0.578. The van der Waals surface area contributed by atoms with Crippen molar-refractivity contribution in [1.29, 1.82) is 0 Å². The standard InChI is InChI=1S/C6H13F3N4/c1-3-11-5(13-10)12-4(2)6(7,8)9/h4H,3,10H2,1-2H3,(H2,11,12,13). The highest BCUT2D eigenvalue weighted by Gasteiger charge is 2.36. The van der Waals surface area contributed by atoms with Crippen molar-refractivity contribution in [2.24, 2.45) is 10.8 Å². The molecule has 0 radical (unpaired) electrons. The minimum Gasteiger partial charge on any atom is -0.344 e. The molecule has 0 heterocycles. The Bertz CT molecular complexity index is 177. The summed E-state index contributed by atoms with van der Waals surface area (Å²) >= 11 is 0. The van der Waals surface area contributed by atoms with Crippen LogP contribution in [0.1, 0.15) is 13.8 Å². The van der Waals surface area contributed by atoms with Crippen LogP contribution in [-0.4, -0.2) is 24.7 Å². The first-order chi connectivity index (χ1) is 5.91. The second kappa shape index (κ2) is 4.90. The normalized spacial score (nSPS) is 15.4. The van der Waals surface area contributed by atoms with Crippen molar-refractivity contribution in [2.45, 2.75) is 26.1 Å². The average molecular weight is 198 g/mol. The Morgan fingerprint density at radius 1 is 1.54 bits per heavy atom. The van der Waals surface area contributed by atoms with E-state index in [0.717, 1.165) is 6.92 Å². The zero-order valence-corrected chi connectivity index (χ0v) is 7.44. The number of hydrazine groups is 1. The zero-order valence-electron chi connectivity index (χ0n) is 7.44. The largest absolute Gasteiger partial charge is 0.408 e. The number of rotatable bonds is 2. The molecular weight excluding hydrogens is 185 g/mol. The van der Waals surface area contributed by atoms with Gasteiger partial charge in [0.2, 0.25) is 5.96 Å². The summed E-state index contributed by atoms with van der Waals surface area (Å²) in [7, 11) is 0. The van der Waals surface area contributed by atoms with E-state index in [-0.39, 0.29) is 5.96 Å². The number of hydrogen-bond acceptors (Lipinski definition) is 2. The molecule has 0 aliphatic rings. The molecule has 7 heteroatoms. The fourth-order valence-electron chi connectivity index (χ4n) is 0.578. The molecule has 0 spiro atoms. The van der Waals surface area contributed by atoms with Crippen molar-refractivity contribution in [1.82, 2.24) is 10.7 Å². The number of hydrogen-bond donors (Lipinski definition) is 3. The van der Waals surface area contributed by atoms with Crippen molar-refractivity contribution >= 4 is 5.96 Å². The van der Waals surface area contributed by atoms with Crippen LogP contribution in [0.3, 0.4) is 0 Å². The van der Waals surface area contributed by atoms with Crippen LogP contribution in [0.15, 0.2) is 4.99 Å². The molecule has 0 aliphatic carbocycles. The van der Waals surface area contributed by atoms with Gasteiger partial charge in [-0.05, 0) is 13.8 Å². The second-order valence-electron chi connectivity index (χ2n) is 2.37. The molecule has 13 heavy (non-hydrogen) atoms. The number of halogens is 3. The van der Waals surface area contributed by atoms with Crippen molar-refractivity contribution in [3.8, 4) is 0 Å². The van der Waals surface area contributed by atoms with Crippen molar-refractivity contribution in [2.75, 3.05) is 6.54 Å². The first-order valence-electron chi connectivity index (χ1n) is 3.76. The van der Waals surface area contributed by atoms with E-state index < -0.39 is 12.2 Å². The van der Waals surface area contributed by atoms with E-state index in [1.807, 2.05) is 5.43 Å². The summed E-state index contributed by atoms with van der Waals surface area (Å²) < 4.78 is 36.0. The summed E-state index contributed by atoms with van der Waals surface area (Å²) in [5.74, 6) is 4.88. The molecule has 0 saturated carbocycles. The van der Waals surface area contributed by atoms with Crippen LogP contribution in [0.5, 0.6) is 0 Å². The van der Waals surface area contributed by atoms with Crippen LogP contribution in [0, 0.1) is 0 Å². The highest BCUT2D eigenvalue weighted by molar-refractivity contribution is 5.79. The Balaban J connectivity index is 4.17. The van der Waals surface area contributed by atoms with E-state index in [0.29, 0.717) is 6.54 Å². The monoisotopic (exact) mass is 198 g/mol. The van der Waals surface area contributed by atoms with E-state index in [2.05, 4.69) is 10.3 Å². The fraction of sp³-hybridized carbons (Fsp3) is 0.833. The topological polar surface area (TPSA) is 62.4 Å².